The second-order valence-corrected chi connectivity index (χ2v) is 5.65. The van der Waals surface area contributed by atoms with Gasteiger partial charge in [0.15, 0.2) is 0 Å². The van der Waals surface area contributed by atoms with Crippen molar-refractivity contribution in [2.75, 3.05) is 13.2 Å². The number of aromatic nitrogens is 1. The molecule has 1 heterocycles. The van der Waals surface area contributed by atoms with Gasteiger partial charge in [-0.15, -0.1) is 0 Å². The number of nitrogens with one attached hydrogen (secondary N) is 1. The number of hydrogen-bond donors (Lipinski definition) is 2. The number of aliphatic hydroxyl groups is 1. The summed E-state index contributed by atoms with van der Waals surface area (Å²) in [6, 6.07) is 3.84. The zero-order valence-electron chi connectivity index (χ0n) is 12.4. The van der Waals surface area contributed by atoms with Gasteiger partial charge in [0.25, 0.3) is 0 Å². The van der Waals surface area contributed by atoms with Crippen molar-refractivity contribution >= 4 is 0 Å². The topological polar surface area (TPSA) is 54.4 Å². The maximum absolute atomic E-state index is 9.85. The molecule has 0 radical (unpaired) electrons. The first-order valence-corrected chi connectivity index (χ1v) is 6.94. The number of rotatable bonds is 8. The van der Waals surface area contributed by atoms with Crippen molar-refractivity contribution in [3.05, 3.63) is 24.0 Å². The smallest absolute Gasteiger partial charge is 0.137 e. The van der Waals surface area contributed by atoms with E-state index in [0.29, 0.717) is 18.1 Å². The summed E-state index contributed by atoms with van der Waals surface area (Å²) in [4.78, 5) is 4.33. The van der Waals surface area contributed by atoms with Crippen LogP contribution in [0, 0.1) is 5.92 Å². The van der Waals surface area contributed by atoms with Crippen molar-refractivity contribution < 1.29 is 9.84 Å². The summed E-state index contributed by atoms with van der Waals surface area (Å²) >= 11 is 0. The zero-order chi connectivity index (χ0) is 14.3. The summed E-state index contributed by atoms with van der Waals surface area (Å²) < 4.78 is 5.53. The molecule has 0 saturated heterocycles. The van der Waals surface area contributed by atoms with E-state index in [2.05, 4.69) is 24.1 Å². The van der Waals surface area contributed by atoms with E-state index in [-0.39, 0.29) is 6.61 Å². The van der Waals surface area contributed by atoms with E-state index >= 15 is 0 Å². The summed E-state index contributed by atoms with van der Waals surface area (Å²) in [6.07, 6.45) is 2.37. The lowest BCUT2D eigenvalue weighted by molar-refractivity contribution is 0.00835. The Hall–Kier alpha value is -1.13. The standard InChI is InChI=1S/C15H26N2O2/c1-5-15(4,18)11-19-14-7-6-13(17-10-14)9-16-8-12(2)3/h6-7,10,12,16,18H,5,8-9,11H2,1-4H3. The first kappa shape index (κ1) is 15.9. The average molecular weight is 266 g/mol. The van der Waals surface area contributed by atoms with E-state index in [0.717, 1.165) is 18.8 Å². The number of hydrogen-bond acceptors (Lipinski definition) is 4. The predicted molar refractivity (Wildman–Crippen MR) is 77.2 cm³/mol. The van der Waals surface area contributed by atoms with Crippen LogP contribution in [0.3, 0.4) is 0 Å². The lowest BCUT2D eigenvalue weighted by Gasteiger charge is -2.21. The maximum Gasteiger partial charge on any atom is 0.137 e. The minimum Gasteiger partial charge on any atom is -0.489 e. The van der Waals surface area contributed by atoms with Crippen LogP contribution >= 0.6 is 0 Å². The predicted octanol–water partition coefficient (Wildman–Crippen LogP) is 2.37. The molecule has 1 aromatic rings. The first-order valence-electron chi connectivity index (χ1n) is 6.94. The second-order valence-electron chi connectivity index (χ2n) is 5.65. The van der Waals surface area contributed by atoms with E-state index in [4.69, 9.17) is 4.74 Å². The highest BCUT2D eigenvalue weighted by atomic mass is 16.5. The van der Waals surface area contributed by atoms with Gasteiger partial charge in [-0.1, -0.05) is 20.8 Å². The highest BCUT2D eigenvalue weighted by Crippen LogP contribution is 2.14. The van der Waals surface area contributed by atoms with Crippen LogP contribution in [0.5, 0.6) is 5.75 Å². The van der Waals surface area contributed by atoms with E-state index in [1.165, 1.54) is 0 Å². The molecule has 0 aliphatic heterocycles. The van der Waals surface area contributed by atoms with Crippen molar-refractivity contribution in [3.8, 4) is 5.75 Å². The Labute approximate surface area is 116 Å². The molecule has 4 nitrogen and oxygen atoms in total. The van der Waals surface area contributed by atoms with Crippen molar-refractivity contribution in [1.29, 1.82) is 0 Å². The monoisotopic (exact) mass is 266 g/mol. The molecule has 1 rings (SSSR count). The number of pyridine rings is 1. The van der Waals surface area contributed by atoms with E-state index < -0.39 is 5.60 Å². The van der Waals surface area contributed by atoms with Crippen LogP contribution in [0.25, 0.3) is 0 Å². The Bertz CT molecular complexity index is 361. The highest BCUT2D eigenvalue weighted by molar-refractivity contribution is 5.20. The fraction of sp³-hybridized carbons (Fsp3) is 0.667. The molecule has 2 N–H and O–H groups in total. The fourth-order valence-corrected chi connectivity index (χ4v) is 1.43. The lowest BCUT2D eigenvalue weighted by Crippen LogP contribution is -2.31. The molecular weight excluding hydrogens is 240 g/mol. The van der Waals surface area contributed by atoms with E-state index in [9.17, 15) is 5.11 Å². The van der Waals surface area contributed by atoms with E-state index in [1.807, 2.05) is 19.1 Å². The quantitative estimate of drug-likeness (QED) is 0.758. The van der Waals surface area contributed by atoms with Gasteiger partial charge < -0.3 is 15.2 Å². The molecule has 19 heavy (non-hydrogen) atoms. The van der Waals surface area contributed by atoms with Gasteiger partial charge in [0.05, 0.1) is 17.5 Å². The van der Waals surface area contributed by atoms with E-state index in [1.54, 1.807) is 13.1 Å². The normalized spacial score (nSPS) is 14.4. The molecule has 0 saturated carbocycles. The molecule has 0 amide bonds. The van der Waals surface area contributed by atoms with Gasteiger partial charge in [-0.2, -0.15) is 0 Å². The molecular formula is C15H26N2O2. The molecule has 1 unspecified atom stereocenters. The van der Waals surface area contributed by atoms with Crippen molar-refractivity contribution in [2.45, 2.75) is 46.3 Å². The molecule has 1 aromatic heterocycles. The first-order chi connectivity index (χ1) is 8.93. The van der Waals surface area contributed by atoms with Crippen LogP contribution < -0.4 is 10.1 Å². The van der Waals surface area contributed by atoms with Crippen LogP contribution in [0.15, 0.2) is 18.3 Å². The Morgan fingerprint density at radius 2 is 2.16 bits per heavy atom. The molecule has 108 valence electrons. The van der Waals surface area contributed by atoms with Crippen LogP contribution in [-0.4, -0.2) is 28.8 Å². The van der Waals surface area contributed by atoms with Crippen LogP contribution in [0.1, 0.15) is 39.8 Å². The van der Waals surface area contributed by atoms with Crippen molar-refractivity contribution in [2.24, 2.45) is 5.92 Å². The zero-order valence-corrected chi connectivity index (χ0v) is 12.4. The summed E-state index contributed by atoms with van der Waals surface area (Å²) in [6.45, 7) is 10.1. The molecule has 0 fully saturated rings. The Kier molecular flexibility index (Phi) is 6.25. The molecule has 0 bridgehead atoms. The fourth-order valence-electron chi connectivity index (χ4n) is 1.43. The minimum atomic E-state index is -0.780. The third-order valence-electron chi connectivity index (χ3n) is 2.97. The van der Waals surface area contributed by atoms with Gasteiger partial charge in [0, 0.05) is 6.54 Å². The van der Waals surface area contributed by atoms with Gasteiger partial charge in [-0.05, 0) is 37.9 Å². The Morgan fingerprint density at radius 1 is 1.42 bits per heavy atom. The summed E-state index contributed by atoms with van der Waals surface area (Å²) in [5.41, 5.74) is 0.215. The maximum atomic E-state index is 9.85. The molecule has 1 atom stereocenters. The van der Waals surface area contributed by atoms with Gasteiger partial charge in [-0.3, -0.25) is 4.98 Å². The third kappa shape index (κ3) is 6.55. The molecule has 4 heteroatoms. The largest absolute Gasteiger partial charge is 0.489 e. The van der Waals surface area contributed by atoms with Crippen LogP contribution in [0.2, 0.25) is 0 Å². The molecule has 0 aliphatic rings. The van der Waals surface area contributed by atoms with Gasteiger partial charge >= 0.3 is 0 Å². The molecule has 0 aliphatic carbocycles. The van der Waals surface area contributed by atoms with Crippen LogP contribution in [0.4, 0.5) is 0 Å². The van der Waals surface area contributed by atoms with Gasteiger partial charge in [0.1, 0.15) is 12.4 Å². The highest BCUT2D eigenvalue weighted by Gasteiger charge is 2.18. The molecule has 0 aromatic carbocycles. The van der Waals surface area contributed by atoms with Gasteiger partial charge in [-0.25, -0.2) is 0 Å². The summed E-state index contributed by atoms with van der Waals surface area (Å²) in [5, 5.41) is 13.2. The molecule has 0 spiro atoms. The van der Waals surface area contributed by atoms with Crippen molar-refractivity contribution in [3.63, 3.8) is 0 Å². The summed E-state index contributed by atoms with van der Waals surface area (Å²) in [5.74, 6) is 1.33. The second kappa shape index (κ2) is 7.46. The van der Waals surface area contributed by atoms with Crippen molar-refractivity contribution in [1.82, 2.24) is 10.3 Å². The lowest BCUT2D eigenvalue weighted by atomic mass is 10.1. The Balaban J connectivity index is 2.39. The number of nitrogens with zero attached hydrogens (tertiary/aromatic N) is 1. The number of ether oxygens (including phenoxy) is 1. The minimum absolute atomic E-state index is 0.288. The SMILES string of the molecule is CCC(C)(O)COc1ccc(CNCC(C)C)nc1. The Morgan fingerprint density at radius 3 is 2.68 bits per heavy atom. The summed E-state index contributed by atoms with van der Waals surface area (Å²) in [7, 11) is 0. The van der Waals surface area contributed by atoms with Gasteiger partial charge in [0.2, 0.25) is 0 Å². The average Bonchev–Trinajstić information content (AvgIpc) is 2.37. The third-order valence-corrected chi connectivity index (χ3v) is 2.97. The van der Waals surface area contributed by atoms with Crippen LogP contribution in [-0.2, 0) is 6.54 Å².